The standard InChI is InChI=1S/C12H14BrNO3/c13-11-7-9(4-5-14-11)12(15)17-8-10-3-1-2-6-16-10/h4-5,7,10H,1-3,6,8H2. The lowest BCUT2D eigenvalue weighted by atomic mass is 10.1. The van der Waals surface area contributed by atoms with Crippen LogP contribution in [0.4, 0.5) is 0 Å². The van der Waals surface area contributed by atoms with Crippen LogP contribution in [-0.4, -0.2) is 30.3 Å². The summed E-state index contributed by atoms with van der Waals surface area (Å²) in [6, 6.07) is 3.28. The van der Waals surface area contributed by atoms with Crippen LogP contribution < -0.4 is 0 Å². The zero-order chi connectivity index (χ0) is 12.1. The second-order valence-electron chi connectivity index (χ2n) is 3.95. The molecule has 17 heavy (non-hydrogen) atoms. The molecule has 1 aromatic rings. The van der Waals surface area contributed by atoms with Crippen molar-refractivity contribution in [1.29, 1.82) is 0 Å². The van der Waals surface area contributed by atoms with E-state index >= 15 is 0 Å². The van der Waals surface area contributed by atoms with E-state index in [0.29, 0.717) is 16.8 Å². The maximum absolute atomic E-state index is 11.7. The number of carbonyl (C=O) groups excluding carboxylic acids is 1. The summed E-state index contributed by atoms with van der Waals surface area (Å²) < 4.78 is 11.3. The van der Waals surface area contributed by atoms with Gasteiger partial charge in [0.2, 0.25) is 0 Å². The van der Waals surface area contributed by atoms with Crippen molar-refractivity contribution in [2.75, 3.05) is 13.2 Å². The van der Waals surface area contributed by atoms with Crippen molar-refractivity contribution in [1.82, 2.24) is 4.98 Å². The first-order valence-electron chi connectivity index (χ1n) is 5.66. The average molecular weight is 300 g/mol. The van der Waals surface area contributed by atoms with Gasteiger partial charge in [0.05, 0.1) is 11.7 Å². The molecule has 1 unspecified atom stereocenters. The molecule has 92 valence electrons. The van der Waals surface area contributed by atoms with Gasteiger partial charge in [-0.15, -0.1) is 0 Å². The Labute approximate surface area is 108 Å². The molecule has 1 atom stereocenters. The van der Waals surface area contributed by atoms with Gasteiger partial charge in [-0.2, -0.15) is 0 Å². The zero-order valence-electron chi connectivity index (χ0n) is 9.39. The van der Waals surface area contributed by atoms with Gasteiger partial charge in [-0.25, -0.2) is 9.78 Å². The largest absolute Gasteiger partial charge is 0.459 e. The molecule has 1 aliphatic rings. The Bertz CT molecular complexity index is 391. The Morgan fingerprint density at radius 1 is 1.59 bits per heavy atom. The number of aromatic nitrogens is 1. The number of rotatable bonds is 3. The van der Waals surface area contributed by atoms with Crippen LogP contribution in [0.2, 0.25) is 0 Å². The van der Waals surface area contributed by atoms with Gasteiger partial charge in [0.15, 0.2) is 0 Å². The van der Waals surface area contributed by atoms with Gasteiger partial charge in [-0.05, 0) is 47.3 Å². The van der Waals surface area contributed by atoms with Gasteiger partial charge in [0.25, 0.3) is 0 Å². The highest BCUT2D eigenvalue weighted by Gasteiger charge is 2.16. The Morgan fingerprint density at radius 2 is 2.47 bits per heavy atom. The molecule has 2 heterocycles. The highest BCUT2D eigenvalue weighted by atomic mass is 79.9. The summed E-state index contributed by atoms with van der Waals surface area (Å²) >= 11 is 3.21. The van der Waals surface area contributed by atoms with Crippen molar-refractivity contribution in [3.05, 3.63) is 28.5 Å². The fraction of sp³-hybridized carbons (Fsp3) is 0.500. The van der Waals surface area contributed by atoms with E-state index in [2.05, 4.69) is 20.9 Å². The molecule has 0 aliphatic carbocycles. The maximum Gasteiger partial charge on any atom is 0.338 e. The Morgan fingerprint density at radius 3 is 3.18 bits per heavy atom. The van der Waals surface area contributed by atoms with E-state index in [0.717, 1.165) is 25.9 Å². The van der Waals surface area contributed by atoms with Crippen LogP contribution in [0.1, 0.15) is 29.6 Å². The van der Waals surface area contributed by atoms with Gasteiger partial charge in [-0.3, -0.25) is 0 Å². The normalized spacial score (nSPS) is 19.9. The summed E-state index contributed by atoms with van der Waals surface area (Å²) in [5, 5.41) is 0. The second kappa shape index (κ2) is 6.12. The van der Waals surface area contributed by atoms with Crippen LogP contribution >= 0.6 is 15.9 Å². The van der Waals surface area contributed by atoms with E-state index < -0.39 is 0 Å². The lowest BCUT2D eigenvalue weighted by molar-refractivity contribution is -0.0300. The van der Waals surface area contributed by atoms with E-state index in [1.807, 2.05) is 0 Å². The Hall–Kier alpha value is -0.940. The van der Waals surface area contributed by atoms with Crippen LogP contribution in [0, 0.1) is 0 Å². The number of pyridine rings is 1. The van der Waals surface area contributed by atoms with Crippen LogP contribution in [0.3, 0.4) is 0 Å². The monoisotopic (exact) mass is 299 g/mol. The SMILES string of the molecule is O=C(OCC1CCCCO1)c1ccnc(Br)c1. The molecule has 1 fully saturated rings. The van der Waals surface area contributed by atoms with Crippen molar-refractivity contribution in [2.45, 2.75) is 25.4 Å². The van der Waals surface area contributed by atoms with Gasteiger partial charge in [0, 0.05) is 12.8 Å². The fourth-order valence-corrected chi connectivity index (χ4v) is 2.09. The topological polar surface area (TPSA) is 48.4 Å². The molecule has 0 saturated carbocycles. The molecule has 0 amide bonds. The van der Waals surface area contributed by atoms with Crippen LogP contribution in [0.25, 0.3) is 0 Å². The molecule has 2 rings (SSSR count). The molecule has 5 heteroatoms. The first kappa shape index (κ1) is 12.5. The highest BCUT2D eigenvalue weighted by molar-refractivity contribution is 9.10. The summed E-state index contributed by atoms with van der Waals surface area (Å²) in [7, 11) is 0. The quantitative estimate of drug-likeness (QED) is 0.636. The van der Waals surface area contributed by atoms with Crippen LogP contribution in [-0.2, 0) is 9.47 Å². The van der Waals surface area contributed by atoms with Crippen LogP contribution in [0.5, 0.6) is 0 Å². The third-order valence-corrected chi connectivity index (χ3v) is 3.07. The molecule has 0 aromatic carbocycles. The van der Waals surface area contributed by atoms with Gasteiger partial charge in [0.1, 0.15) is 11.2 Å². The van der Waals surface area contributed by atoms with Gasteiger partial charge in [-0.1, -0.05) is 0 Å². The van der Waals surface area contributed by atoms with Crippen molar-refractivity contribution in [3.63, 3.8) is 0 Å². The van der Waals surface area contributed by atoms with Crippen molar-refractivity contribution >= 4 is 21.9 Å². The first-order chi connectivity index (χ1) is 8.25. The number of esters is 1. The summed E-state index contributed by atoms with van der Waals surface area (Å²) in [4.78, 5) is 15.7. The van der Waals surface area contributed by atoms with Crippen molar-refractivity contribution in [2.24, 2.45) is 0 Å². The second-order valence-corrected chi connectivity index (χ2v) is 4.77. The number of hydrogen-bond donors (Lipinski definition) is 0. The van der Waals surface area contributed by atoms with Gasteiger partial charge >= 0.3 is 5.97 Å². The minimum atomic E-state index is -0.331. The number of nitrogens with zero attached hydrogens (tertiary/aromatic N) is 1. The van der Waals surface area contributed by atoms with Crippen molar-refractivity contribution in [3.8, 4) is 0 Å². The Kier molecular flexibility index (Phi) is 4.50. The minimum absolute atomic E-state index is 0.0537. The third kappa shape index (κ3) is 3.78. The lowest BCUT2D eigenvalue weighted by Gasteiger charge is -2.22. The molecule has 1 aliphatic heterocycles. The molecule has 0 N–H and O–H groups in total. The van der Waals surface area contributed by atoms with Gasteiger partial charge < -0.3 is 9.47 Å². The number of halogens is 1. The zero-order valence-corrected chi connectivity index (χ0v) is 11.0. The predicted octanol–water partition coefficient (Wildman–Crippen LogP) is 2.57. The number of hydrogen-bond acceptors (Lipinski definition) is 4. The number of carbonyl (C=O) groups is 1. The maximum atomic E-state index is 11.7. The lowest BCUT2D eigenvalue weighted by Crippen LogP contribution is -2.25. The minimum Gasteiger partial charge on any atom is -0.459 e. The smallest absolute Gasteiger partial charge is 0.338 e. The van der Waals surface area contributed by atoms with E-state index in [-0.39, 0.29) is 12.1 Å². The van der Waals surface area contributed by atoms with Crippen molar-refractivity contribution < 1.29 is 14.3 Å². The molecule has 0 bridgehead atoms. The average Bonchev–Trinajstić information content (AvgIpc) is 2.37. The molecule has 1 aromatic heterocycles. The van der Waals surface area contributed by atoms with E-state index in [1.165, 1.54) is 0 Å². The molecular formula is C12H14BrNO3. The molecule has 0 radical (unpaired) electrons. The summed E-state index contributed by atoms with van der Waals surface area (Å²) in [6.45, 7) is 1.10. The first-order valence-corrected chi connectivity index (χ1v) is 6.45. The molecule has 4 nitrogen and oxygen atoms in total. The van der Waals surface area contributed by atoms with E-state index in [9.17, 15) is 4.79 Å². The summed E-state index contributed by atoms with van der Waals surface area (Å²) in [5.74, 6) is -0.331. The Balaban J connectivity index is 1.84. The summed E-state index contributed by atoms with van der Waals surface area (Å²) in [5.41, 5.74) is 0.502. The van der Waals surface area contributed by atoms with E-state index in [4.69, 9.17) is 9.47 Å². The molecule has 1 saturated heterocycles. The highest BCUT2D eigenvalue weighted by Crippen LogP contribution is 2.14. The predicted molar refractivity (Wildman–Crippen MR) is 65.8 cm³/mol. The number of ether oxygens (including phenoxy) is 2. The van der Waals surface area contributed by atoms with Crippen LogP contribution in [0.15, 0.2) is 22.9 Å². The third-order valence-electron chi connectivity index (χ3n) is 2.64. The summed E-state index contributed by atoms with van der Waals surface area (Å²) in [6.07, 6.45) is 4.83. The van der Waals surface area contributed by atoms with E-state index in [1.54, 1.807) is 18.3 Å². The molecular weight excluding hydrogens is 286 g/mol. The molecule has 0 spiro atoms. The fourth-order valence-electron chi connectivity index (χ4n) is 1.72.